The van der Waals surface area contributed by atoms with Crippen molar-refractivity contribution in [3.8, 4) is 0 Å². The molecule has 1 aliphatic heterocycles. The molecule has 1 saturated carbocycles. The van der Waals surface area contributed by atoms with Gasteiger partial charge in [-0.05, 0) is 38.8 Å². The molecule has 0 amide bonds. The summed E-state index contributed by atoms with van der Waals surface area (Å²) in [5.74, 6) is 0. The maximum absolute atomic E-state index is 9.23. The van der Waals surface area contributed by atoms with Gasteiger partial charge in [-0.2, -0.15) is 0 Å². The van der Waals surface area contributed by atoms with E-state index in [0.717, 1.165) is 6.54 Å². The van der Waals surface area contributed by atoms with E-state index >= 15 is 0 Å². The Kier molecular flexibility index (Phi) is 2.89. The quantitative estimate of drug-likeness (QED) is 0.719. The summed E-state index contributed by atoms with van der Waals surface area (Å²) in [7, 11) is 0. The van der Waals surface area contributed by atoms with Gasteiger partial charge in [0.1, 0.15) is 0 Å². The first-order chi connectivity index (χ1) is 6.35. The van der Waals surface area contributed by atoms with Gasteiger partial charge in [-0.15, -0.1) is 0 Å². The first kappa shape index (κ1) is 9.47. The predicted octanol–water partition coefficient (Wildman–Crippen LogP) is 1.63. The Morgan fingerprint density at radius 3 is 2.08 bits per heavy atom. The third-order valence-electron chi connectivity index (χ3n) is 3.55. The average molecular weight is 183 g/mol. The van der Waals surface area contributed by atoms with Gasteiger partial charge in [0, 0.05) is 18.6 Å². The lowest BCUT2D eigenvalue weighted by atomic mass is 10.1. The van der Waals surface area contributed by atoms with Crippen molar-refractivity contribution < 1.29 is 5.11 Å². The number of aliphatic hydroxyl groups excluding tert-OH is 1. The SMILES string of the molecule is OCC1(CN2CCCCCC2)CC1. The molecule has 2 aliphatic rings. The molecule has 13 heavy (non-hydrogen) atoms. The average Bonchev–Trinajstić information content (AvgIpc) is 2.92. The molecule has 2 nitrogen and oxygen atoms in total. The number of likely N-dealkylation sites (tertiary alicyclic amines) is 1. The minimum absolute atomic E-state index is 0.324. The van der Waals surface area contributed by atoms with E-state index in [-0.39, 0.29) is 0 Å². The van der Waals surface area contributed by atoms with Crippen LogP contribution in [0.2, 0.25) is 0 Å². The van der Waals surface area contributed by atoms with Crippen molar-refractivity contribution in [3.05, 3.63) is 0 Å². The van der Waals surface area contributed by atoms with E-state index in [1.807, 2.05) is 0 Å². The summed E-state index contributed by atoms with van der Waals surface area (Å²) in [6.07, 6.45) is 8.04. The normalized spacial score (nSPS) is 28.4. The predicted molar refractivity (Wildman–Crippen MR) is 53.7 cm³/mol. The molecule has 1 heterocycles. The van der Waals surface area contributed by atoms with Crippen molar-refractivity contribution in [2.45, 2.75) is 38.5 Å². The van der Waals surface area contributed by atoms with Crippen LogP contribution in [0.1, 0.15) is 38.5 Å². The first-order valence-corrected chi connectivity index (χ1v) is 5.68. The van der Waals surface area contributed by atoms with Crippen LogP contribution in [0.15, 0.2) is 0 Å². The largest absolute Gasteiger partial charge is 0.396 e. The van der Waals surface area contributed by atoms with E-state index in [1.165, 1.54) is 51.6 Å². The molecule has 0 aromatic rings. The maximum atomic E-state index is 9.23. The second kappa shape index (κ2) is 3.97. The van der Waals surface area contributed by atoms with Crippen LogP contribution in [0.5, 0.6) is 0 Å². The Labute approximate surface area is 80.9 Å². The number of rotatable bonds is 3. The van der Waals surface area contributed by atoms with Gasteiger partial charge >= 0.3 is 0 Å². The van der Waals surface area contributed by atoms with Crippen molar-refractivity contribution in [1.29, 1.82) is 0 Å². The van der Waals surface area contributed by atoms with Crippen LogP contribution in [0, 0.1) is 5.41 Å². The Hall–Kier alpha value is -0.0800. The number of hydrogen-bond acceptors (Lipinski definition) is 2. The summed E-state index contributed by atoms with van der Waals surface area (Å²) in [5, 5.41) is 9.23. The van der Waals surface area contributed by atoms with Crippen molar-refractivity contribution in [1.82, 2.24) is 4.90 Å². The highest BCUT2D eigenvalue weighted by molar-refractivity contribution is 4.95. The van der Waals surface area contributed by atoms with E-state index in [4.69, 9.17) is 0 Å². The monoisotopic (exact) mass is 183 g/mol. The summed E-state index contributed by atoms with van der Waals surface area (Å²) in [4.78, 5) is 2.57. The zero-order chi connectivity index (χ0) is 9.15. The van der Waals surface area contributed by atoms with Crippen LogP contribution >= 0.6 is 0 Å². The summed E-state index contributed by atoms with van der Waals surface area (Å²) in [6.45, 7) is 4.09. The molecule has 2 rings (SSSR count). The molecule has 2 fully saturated rings. The second-order valence-corrected chi connectivity index (χ2v) is 4.85. The van der Waals surface area contributed by atoms with Crippen LogP contribution < -0.4 is 0 Å². The van der Waals surface area contributed by atoms with Crippen LogP contribution in [0.3, 0.4) is 0 Å². The molecule has 0 atom stereocenters. The fourth-order valence-electron chi connectivity index (χ4n) is 2.31. The minimum Gasteiger partial charge on any atom is -0.396 e. The molecule has 2 heteroatoms. The van der Waals surface area contributed by atoms with Crippen LogP contribution in [0.4, 0.5) is 0 Å². The Morgan fingerprint density at radius 2 is 1.62 bits per heavy atom. The molecular weight excluding hydrogens is 162 g/mol. The van der Waals surface area contributed by atoms with Crippen molar-refractivity contribution in [2.24, 2.45) is 5.41 Å². The fraction of sp³-hybridized carbons (Fsp3) is 1.00. The molecule has 0 unspecified atom stereocenters. The van der Waals surface area contributed by atoms with Gasteiger partial charge in [0.25, 0.3) is 0 Å². The number of hydrogen-bond donors (Lipinski definition) is 1. The highest BCUT2D eigenvalue weighted by Gasteiger charge is 2.43. The van der Waals surface area contributed by atoms with Gasteiger partial charge in [-0.1, -0.05) is 12.8 Å². The van der Waals surface area contributed by atoms with Crippen molar-refractivity contribution >= 4 is 0 Å². The van der Waals surface area contributed by atoms with Crippen LogP contribution in [-0.4, -0.2) is 36.2 Å². The lowest BCUT2D eigenvalue weighted by Crippen LogP contribution is -2.32. The zero-order valence-electron chi connectivity index (χ0n) is 8.47. The standard InChI is InChI=1S/C11H21NO/c13-10-11(5-6-11)9-12-7-3-1-2-4-8-12/h13H,1-10H2. The molecule has 0 aromatic heterocycles. The Morgan fingerprint density at radius 1 is 1.00 bits per heavy atom. The van der Waals surface area contributed by atoms with E-state index < -0.39 is 0 Å². The summed E-state index contributed by atoms with van der Waals surface area (Å²) in [6, 6.07) is 0. The third kappa shape index (κ3) is 2.44. The second-order valence-electron chi connectivity index (χ2n) is 4.85. The van der Waals surface area contributed by atoms with Gasteiger partial charge in [0.2, 0.25) is 0 Å². The van der Waals surface area contributed by atoms with Crippen molar-refractivity contribution in [2.75, 3.05) is 26.2 Å². The van der Waals surface area contributed by atoms with E-state index in [9.17, 15) is 5.11 Å². The van der Waals surface area contributed by atoms with Crippen molar-refractivity contribution in [3.63, 3.8) is 0 Å². The fourth-order valence-corrected chi connectivity index (χ4v) is 2.31. The highest BCUT2D eigenvalue weighted by Crippen LogP contribution is 2.45. The van der Waals surface area contributed by atoms with E-state index in [2.05, 4.69) is 4.90 Å². The van der Waals surface area contributed by atoms with Gasteiger partial charge in [0.15, 0.2) is 0 Å². The molecule has 0 radical (unpaired) electrons. The molecule has 76 valence electrons. The molecule has 0 spiro atoms. The molecule has 0 aromatic carbocycles. The topological polar surface area (TPSA) is 23.5 Å². The lowest BCUT2D eigenvalue weighted by molar-refractivity contribution is 0.151. The van der Waals surface area contributed by atoms with Crippen LogP contribution in [-0.2, 0) is 0 Å². The Balaban J connectivity index is 1.79. The van der Waals surface area contributed by atoms with Gasteiger partial charge < -0.3 is 10.0 Å². The minimum atomic E-state index is 0.324. The summed E-state index contributed by atoms with van der Waals surface area (Å²) in [5.41, 5.74) is 0.324. The lowest BCUT2D eigenvalue weighted by Gasteiger charge is -2.24. The molecule has 1 saturated heterocycles. The number of aliphatic hydroxyl groups is 1. The van der Waals surface area contributed by atoms with E-state index in [1.54, 1.807) is 0 Å². The molecule has 1 aliphatic carbocycles. The highest BCUT2D eigenvalue weighted by atomic mass is 16.3. The summed E-state index contributed by atoms with van der Waals surface area (Å²) < 4.78 is 0. The van der Waals surface area contributed by atoms with Gasteiger partial charge in [0.05, 0.1) is 0 Å². The van der Waals surface area contributed by atoms with E-state index in [0.29, 0.717) is 12.0 Å². The molecule has 1 N–H and O–H groups in total. The van der Waals surface area contributed by atoms with Crippen LogP contribution in [0.25, 0.3) is 0 Å². The first-order valence-electron chi connectivity index (χ1n) is 5.68. The number of nitrogens with zero attached hydrogens (tertiary/aromatic N) is 1. The smallest absolute Gasteiger partial charge is 0.0499 e. The van der Waals surface area contributed by atoms with Gasteiger partial charge in [-0.3, -0.25) is 0 Å². The maximum Gasteiger partial charge on any atom is 0.0499 e. The zero-order valence-corrected chi connectivity index (χ0v) is 8.47. The summed E-state index contributed by atoms with van der Waals surface area (Å²) >= 11 is 0. The third-order valence-corrected chi connectivity index (χ3v) is 3.55. The van der Waals surface area contributed by atoms with Gasteiger partial charge in [-0.25, -0.2) is 0 Å². The molecular formula is C11H21NO. The molecule has 0 bridgehead atoms. The Bertz CT molecular complexity index is 157.